The number of aromatic nitrogens is 1. The number of thioether (sulfide) groups is 1. The van der Waals surface area contributed by atoms with Crippen molar-refractivity contribution in [2.45, 2.75) is 44.8 Å². The molecule has 6 nitrogen and oxygen atoms in total. The van der Waals surface area contributed by atoms with E-state index in [-0.39, 0.29) is 0 Å². The second kappa shape index (κ2) is 8.60. The van der Waals surface area contributed by atoms with E-state index < -0.39 is 5.60 Å². The smallest absolute Gasteiger partial charge is 0.196 e. The molecule has 0 fully saturated rings. The van der Waals surface area contributed by atoms with Crippen LogP contribution in [0.25, 0.3) is 0 Å². The number of allylic oxidation sites excluding steroid dienone is 1. The minimum atomic E-state index is -0.967. The Labute approximate surface area is 156 Å². The van der Waals surface area contributed by atoms with Crippen molar-refractivity contribution in [1.29, 1.82) is 0 Å². The lowest BCUT2D eigenvalue weighted by Crippen LogP contribution is -2.23. The van der Waals surface area contributed by atoms with E-state index in [9.17, 15) is 5.11 Å². The summed E-state index contributed by atoms with van der Waals surface area (Å²) in [5.74, 6) is 0. The number of aliphatic imine (C=N–C) groups is 3. The first-order valence-electron chi connectivity index (χ1n) is 7.81. The molecular weight excluding hydrogens is 360 g/mol. The fourth-order valence-electron chi connectivity index (χ4n) is 1.86. The van der Waals surface area contributed by atoms with Crippen LogP contribution >= 0.6 is 23.4 Å². The van der Waals surface area contributed by atoms with Crippen molar-refractivity contribution in [2.75, 3.05) is 6.54 Å². The molecule has 2 heterocycles. The monoisotopic (exact) mass is 380 g/mol. The van der Waals surface area contributed by atoms with Crippen molar-refractivity contribution < 1.29 is 9.52 Å². The van der Waals surface area contributed by atoms with Crippen LogP contribution in [0.15, 0.2) is 53.9 Å². The molecule has 0 amide bonds. The highest BCUT2D eigenvalue weighted by Gasteiger charge is 2.21. The lowest BCUT2D eigenvalue weighted by atomic mass is 9.99. The highest BCUT2D eigenvalue weighted by molar-refractivity contribution is 8.13. The Morgan fingerprint density at radius 3 is 2.92 bits per heavy atom. The Hall–Kier alpha value is -1.70. The largest absolute Gasteiger partial charge is 0.436 e. The third kappa shape index (κ3) is 5.66. The van der Waals surface area contributed by atoms with Crippen molar-refractivity contribution in [3.8, 4) is 0 Å². The molecule has 0 spiro atoms. The molecule has 134 valence electrons. The summed E-state index contributed by atoms with van der Waals surface area (Å²) in [6, 6.07) is 0. The number of hydrogen-bond acceptors (Lipinski definition) is 7. The van der Waals surface area contributed by atoms with Crippen molar-refractivity contribution >= 4 is 40.3 Å². The fourth-order valence-corrected chi connectivity index (χ4v) is 2.72. The van der Waals surface area contributed by atoms with E-state index in [1.54, 1.807) is 39.4 Å². The van der Waals surface area contributed by atoms with Gasteiger partial charge in [-0.3, -0.25) is 15.0 Å². The summed E-state index contributed by atoms with van der Waals surface area (Å²) in [5.41, 5.74) is 0.936. The van der Waals surface area contributed by atoms with Gasteiger partial charge in [0.2, 0.25) is 0 Å². The molecule has 0 radical (unpaired) electrons. The van der Waals surface area contributed by atoms with Gasteiger partial charge in [-0.15, -0.1) is 0 Å². The van der Waals surface area contributed by atoms with Gasteiger partial charge < -0.3 is 9.52 Å². The number of hydrogen-bond donors (Lipinski definition) is 1. The van der Waals surface area contributed by atoms with E-state index in [1.807, 2.05) is 6.92 Å². The molecule has 1 aromatic rings. The molecule has 1 aliphatic rings. The van der Waals surface area contributed by atoms with Gasteiger partial charge in [0, 0.05) is 29.2 Å². The zero-order chi connectivity index (χ0) is 18.4. The van der Waals surface area contributed by atoms with Gasteiger partial charge in [0.25, 0.3) is 0 Å². The molecule has 0 saturated heterocycles. The summed E-state index contributed by atoms with van der Waals surface area (Å²) >= 11 is 7.20. The average Bonchev–Trinajstić information content (AvgIpc) is 2.84. The lowest BCUT2D eigenvalue weighted by Gasteiger charge is -2.18. The molecule has 0 aromatic carbocycles. The Morgan fingerprint density at radius 2 is 2.28 bits per heavy atom. The van der Waals surface area contributed by atoms with Gasteiger partial charge in [0.05, 0.1) is 17.2 Å². The molecule has 25 heavy (non-hydrogen) atoms. The van der Waals surface area contributed by atoms with Crippen LogP contribution in [0.1, 0.15) is 39.8 Å². The highest BCUT2D eigenvalue weighted by atomic mass is 35.5. The summed E-state index contributed by atoms with van der Waals surface area (Å²) in [5, 5.41) is 12.2. The van der Waals surface area contributed by atoms with E-state index >= 15 is 0 Å². The molecule has 1 aliphatic heterocycles. The summed E-state index contributed by atoms with van der Waals surface area (Å²) in [4.78, 5) is 17.3. The fraction of sp³-hybridized carbons (Fsp3) is 0.412. The van der Waals surface area contributed by atoms with Crippen molar-refractivity contribution in [3.63, 3.8) is 0 Å². The Kier molecular flexibility index (Phi) is 6.75. The summed E-state index contributed by atoms with van der Waals surface area (Å²) in [6.45, 7) is 7.58. The maximum atomic E-state index is 10.1. The van der Waals surface area contributed by atoms with Gasteiger partial charge >= 0.3 is 0 Å². The minimum Gasteiger partial charge on any atom is -0.436 e. The Morgan fingerprint density at radius 1 is 1.52 bits per heavy atom. The predicted molar refractivity (Wildman–Crippen MR) is 104 cm³/mol. The third-order valence-corrected chi connectivity index (χ3v) is 4.50. The predicted octanol–water partition coefficient (Wildman–Crippen LogP) is 4.20. The number of aliphatic hydroxyl groups is 1. The highest BCUT2D eigenvalue weighted by Crippen LogP contribution is 2.26. The van der Waals surface area contributed by atoms with E-state index in [0.29, 0.717) is 28.1 Å². The van der Waals surface area contributed by atoms with E-state index in [4.69, 9.17) is 16.0 Å². The van der Waals surface area contributed by atoms with Crippen molar-refractivity contribution in [3.05, 3.63) is 35.1 Å². The summed E-state index contributed by atoms with van der Waals surface area (Å²) in [7, 11) is 0. The molecule has 1 N–H and O–H groups in total. The Balaban J connectivity index is 2.30. The first-order chi connectivity index (χ1) is 11.8. The first-order valence-corrected chi connectivity index (χ1v) is 9.01. The van der Waals surface area contributed by atoms with Crippen molar-refractivity contribution in [1.82, 2.24) is 4.98 Å². The molecule has 0 atom stereocenters. The van der Waals surface area contributed by atoms with Crippen LogP contribution in [0.3, 0.4) is 0 Å². The molecular formula is C17H21ClN4O2S. The van der Waals surface area contributed by atoms with E-state index in [1.165, 1.54) is 18.2 Å². The topological polar surface area (TPSA) is 83.3 Å². The lowest BCUT2D eigenvalue weighted by molar-refractivity contribution is 0.118. The molecule has 0 unspecified atom stereocenters. The van der Waals surface area contributed by atoms with Gasteiger partial charge in [0.1, 0.15) is 11.4 Å². The standard InChI is InChI=1S/C17H21ClN4O2S/c1-5-14(21-6-11(2)18)25-16-15(22-10-24-16)13-9-19-7-12(8-20-13)17(3,4)23/h6,8-10,23H,5,7H2,1-4H3/b11-6+,21-14?. The number of rotatable bonds is 5. The van der Waals surface area contributed by atoms with Crippen LogP contribution in [-0.2, 0) is 0 Å². The zero-order valence-corrected chi connectivity index (χ0v) is 16.2. The van der Waals surface area contributed by atoms with Crippen LogP contribution in [0.5, 0.6) is 0 Å². The van der Waals surface area contributed by atoms with Crippen LogP contribution in [-0.4, -0.2) is 39.2 Å². The zero-order valence-electron chi connectivity index (χ0n) is 14.7. The van der Waals surface area contributed by atoms with Crippen LogP contribution in [0, 0.1) is 0 Å². The second-order valence-electron chi connectivity index (χ2n) is 5.88. The maximum Gasteiger partial charge on any atom is 0.196 e. The first kappa shape index (κ1) is 19.6. The van der Waals surface area contributed by atoms with Gasteiger partial charge in [0.15, 0.2) is 11.5 Å². The van der Waals surface area contributed by atoms with Gasteiger partial charge in [-0.05, 0) is 39.0 Å². The van der Waals surface area contributed by atoms with Crippen LogP contribution in [0.2, 0.25) is 0 Å². The number of nitrogens with zero attached hydrogens (tertiary/aromatic N) is 4. The summed E-state index contributed by atoms with van der Waals surface area (Å²) < 4.78 is 5.50. The molecule has 1 aromatic heterocycles. The van der Waals surface area contributed by atoms with E-state index in [0.717, 1.165) is 17.0 Å². The third-order valence-electron chi connectivity index (χ3n) is 3.30. The van der Waals surface area contributed by atoms with Crippen molar-refractivity contribution in [2.24, 2.45) is 15.0 Å². The molecule has 0 saturated carbocycles. The number of halogens is 1. The summed E-state index contributed by atoms with van der Waals surface area (Å²) in [6.07, 6.45) is 6.99. The molecule has 8 heteroatoms. The quantitative estimate of drug-likeness (QED) is 0.471. The van der Waals surface area contributed by atoms with Gasteiger partial charge in [-0.1, -0.05) is 18.5 Å². The van der Waals surface area contributed by atoms with Gasteiger partial charge in [-0.2, -0.15) is 0 Å². The normalized spacial score (nSPS) is 16.6. The second-order valence-corrected chi connectivity index (χ2v) is 7.52. The minimum absolute atomic E-state index is 0.387. The molecule has 0 bridgehead atoms. The van der Waals surface area contributed by atoms with Crippen LogP contribution in [0.4, 0.5) is 0 Å². The molecule has 2 rings (SSSR count). The van der Waals surface area contributed by atoms with Crippen LogP contribution < -0.4 is 0 Å². The van der Waals surface area contributed by atoms with Gasteiger partial charge in [-0.25, -0.2) is 4.98 Å². The van der Waals surface area contributed by atoms with E-state index in [2.05, 4.69) is 20.0 Å². The molecule has 0 aliphatic carbocycles. The number of oxazole rings is 1. The SMILES string of the molecule is CCC(=N/C=C(\C)Cl)Sc1ocnc1C1=NC=C(C(C)(C)O)CN=C1. The maximum absolute atomic E-state index is 10.1. The Bertz CT molecular complexity index is 766. The average molecular weight is 381 g/mol.